The van der Waals surface area contributed by atoms with Crippen molar-refractivity contribution >= 4 is 5.69 Å². The third kappa shape index (κ3) is 8.05. The van der Waals surface area contributed by atoms with E-state index in [0.717, 1.165) is 18.5 Å². The van der Waals surface area contributed by atoms with Crippen molar-refractivity contribution in [1.82, 2.24) is 0 Å². The van der Waals surface area contributed by atoms with Crippen LogP contribution in [0.25, 0.3) is 0 Å². The maximum absolute atomic E-state index is 10.6. The van der Waals surface area contributed by atoms with E-state index in [4.69, 9.17) is 10.5 Å². The van der Waals surface area contributed by atoms with Crippen LogP contribution in [0.4, 0.5) is 5.69 Å². The Labute approximate surface area is 173 Å². The van der Waals surface area contributed by atoms with Crippen molar-refractivity contribution in [2.45, 2.75) is 52.2 Å². The lowest BCUT2D eigenvalue weighted by Gasteiger charge is -2.36. The maximum Gasteiger partial charge on any atom is 0.273 e. The van der Waals surface area contributed by atoms with E-state index in [0.29, 0.717) is 12.2 Å². The van der Waals surface area contributed by atoms with E-state index >= 15 is 0 Å². The van der Waals surface area contributed by atoms with Crippen molar-refractivity contribution in [2.24, 2.45) is 5.73 Å². The lowest BCUT2D eigenvalue weighted by molar-refractivity contribution is -0.385. The molecule has 6 nitrogen and oxygen atoms in total. The first-order chi connectivity index (χ1) is 13.7. The Morgan fingerprint density at radius 2 is 1.83 bits per heavy atom. The molecule has 158 valence electrons. The molecule has 1 aliphatic rings. The predicted molar refractivity (Wildman–Crippen MR) is 117 cm³/mol. The van der Waals surface area contributed by atoms with Crippen LogP contribution in [-0.4, -0.2) is 28.3 Å². The lowest BCUT2D eigenvalue weighted by atomic mass is 9.91. The summed E-state index contributed by atoms with van der Waals surface area (Å²) in [6.07, 6.45) is 4.85. The molecule has 3 N–H and O–H groups in total. The van der Waals surface area contributed by atoms with Gasteiger partial charge in [0.05, 0.1) is 17.1 Å². The Balaban J connectivity index is 0.000000272. The molecule has 0 fully saturated rings. The van der Waals surface area contributed by atoms with Gasteiger partial charge in [0.2, 0.25) is 0 Å². The fourth-order valence-electron chi connectivity index (χ4n) is 2.54. The molecule has 0 spiro atoms. The van der Waals surface area contributed by atoms with Crippen LogP contribution in [0.3, 0.4) is 0 Å². The summed E-state index contributed by atoms with van der Waals surface area (Å²) in [5.74, 6) is 0.490. The number of fused-ring (bicyclic) bond motifs is 1. The van der Waals surface area contributed by atoms with Gasteiger partial charge in [-0.3, -0.25) is 10.1 Å². The third-order valence-electron chi connectivity index (χ3n) is 4.46. The summed E-state index contributed by atoms with van der Waals surface area (Å²) in [7, 11) is 0. The summed E-state index contributed by atoms with van der Waals surface area (Å²) in [4.78, 5) is 10.2. The number of hydrogen-bond acceptors (Lipinski definition) is 5. The zero-order chi connectivity index (χ0) is 21.9. The highest BCUT2D eigenvalue weighted by Gasteiger charge is 2.36. The van der Waals surface area contributed by atoms with Crippen LogP contribution in [0.1, 0.15) is 38.8 Å². The predicted octanol–water partition coefficient (Wildman–Crippen LogP) is 4.44. The summed E-state index contributed by atoms with van der Waals surface area (Å²) >= 11 is 0. The Bertz CT molecular complexity index is 785. The molecule has 1 aliphatic heterocycles. The highest BCUT2D eigenvalue weighted by Crippen LogP contribution is 2.35. The molecule has 2 aromatic carbocycles. The molecule has 1 atom stereocenters. The van der Waals surface area contributed by atoms with E-state index in [9.17, 15) is 15.2 Å². The molecular weight excluding hydrogens is 368 g/mol. The average molecular weight is 401 g/mol. The number of ether oxygens (including phenoxy) is 1. The lowest BCUT2D eigenvalue weighted by Crippen LogP contribution is -2.46. The second-order valence-corrected chi connectivity index (χ2v) is 7.17. The number of nitro groups is 1. The minimum Gasteiger partial charge on any atom is -0.485 e. The minimum atomic E-state index is -0.706. The minimum absolute atomic E-state index is 0.00550. The highest BCUT2D eigenvalue weighted by atomic mass is 16.6. The molecule has 0 aromatic heterocycles. The third-order valence-corrected chi connectivity index (χ3v) is 4.46. The fraction of sp³-hybridized carbons (Fsp3) is 0.391. The molecule has 0 amide bonds. The van der Waals surface area contributed by atoms with Gasteiger partial charge in [-0.05, 0) is 57.9 Å². The summed E-state index contributed by atoms with van der Waals surface area (Å²) < 4.78 is 5.57. The molecule has 1 unspecified atom stereocenters. The fourth-order valence-corrected chi connectivity index (χ4v) is 2.54. The first-order valence-corrected chi connectivity index (χ1v) is 9.70. The SMILES string of the molecule is C/C=C\C.CC1(C)Oc2cc([N+](=O)[O-])ccc2CC1O.NCCc1ccccc1. The Morgan fingerprint density at radius 1 is 1.21 bits per heavy atom. The first-order valence-electron chi connectivity index (χ1n) is 9.70. The number of benzene rings is 2. The molecule has 0 saturated heterocycles. The van der Waals surface area contributed by atoms with Gasteiger partial charge in [-0.15, -0.1) is 0 Å². The summed E-state index contributed by atoms with van der Waals surface area (Å²) in [6, 6.07) is 14.7. The normalized spacial score (nSPS) is 16.4. The number of non-ortho nitro benzene ring substituents is 1. The summed E-state index contributed by atoms with van der Waals surface area (Å²) in [6.45, 7) is 8.27. The van der Waals surface area contributed by atoms with Crippen LogP contribution in [-0.2, 0) is 12.8 Å². The van der Waals surface area contributed by atoms with Gasteiger partial charge in [0.1, 0.15) is 11.4 Å². The maximum atomic E-state index is 10.6. The zero-order valence-electron chi connectivity index (χ0n) is 17.7. The van der Waals surface area contributed by atoms with Crippen molar-refractivity contribution in [3.8, 4) is 5.75 Å². The van der Waals surface area contributed by atoms with Gasteiger partial charge in [-0.2, -0.15) is 0 Å². The number of aliphatic hydroxyl groups is 1. The number of nitrogens with two attached hydrogens (primary N) is 1. The Morgan fingerprint density at radius 3 is 2.34 bits per heavy atom. The highest BCUT2D eigenvalue weighted by molar-refractivity contribution is 5.46. The summed E-state index contributed by atoms with van der Waals surface area (Å²) in [5, 5.41) is 20.4. The van der Waals surface area contributed by atoms with E-state index in [-0.39, 0.29) is 5.69 Å². The second kappa shape index (κ2) is 12.0. The van der Waals surface area contributed by atoms with Gasteiger partial charge in [0, 0.05) is 12.5 Å². The van der Waals surface area contributed by atoms with Crippen LogP contribution >= 0.6 is 0 Å². The van der Waals surface area contributed by atoms with Crippen molar-refractivity contribution in [3.63, 3.8) is 0 Å². The average Bonchev–Trinajstić information content (AvgIpc) is 2.70. The molecule has 0 aliphatic carbocycles. The van der Waals surface area contributed by atoms with Gasteiger partial charge in [-0.25, -0.2) is 0 Å². The topological polar surface area (TPSA) is 98.6 Å². The van der Waals surface area contributed by atoms with Gasteiger partial charge in [0.25, 0.3) is 5.69 Å². The second-order valence-electron chi connectivity index (χ2n) is 7.17. The van der Waals surface area contributed by atoms with E-state index in [1.54, 1.807) is 19.9 Å². The molecule has 3 rings (SSSR count). The first kappa shape index (κ1) is 24.3. The zero-order valence-corrected chi connectivity index (χ0v) is 17.7. The molecule has 29 heavy (non-hydrogen) atoms. The summed E-state index contributed by atoms with van der Waals surface area (Å²) in [5.41, 5.74) is 6.78. The molecule has 1 heterocycles. The van der Waals surface area contributed by atoms with Crippen LogP contribution < -0.4 is 10.5 Å². The van der Waals surface area contributed by atoms with Crippen molar-refractivity contribution in [1.29, 1.82) is 0 Å². The van der Waals surface area contributed by atoms with Crippen LogP contribution in [0.15, 0.2) is 60.7 Å². The number of rotatable bonds is 3. The smallest absolute Gasteiger partial charge is 0.273 e. The molecular formula is C23H32N2O4. The van der Waals surface area contributed by atoms with Crippen molar-refractivity contribution < 1.29 is 14.8 Å². The van der Waals surface area contributed by atoms with Gasteiger partial charge in [0.15, 0.2) is 0 Å². The van der Waals surface area contributed by atoms with E-state index in [1.165, 1.54) is 17.7 Å². The quantitative estimate of drug-likeness (QED) is 0.451. The van der Waals surface area contributed by atoms with Crippen molar-refractivity contribution in [2.75, 3.05) is 6.54 Å². The molecule has 0 bridgehead atoms. The largest absolute Gasteiger partial charge is 0.485 e. The van der Waals surface area contributed by atoms with E-state index in [1.807, 2.05) is 44.2 Å². The van der Waals surface area contributed by atoms with E-state index in [2.05, 4.69) is 12.1 Å². The molecule has 0 saturated carbocycles. The standard InChI is InChI=1S/C11H13NO4.C8H11N.C4H8/c1-11(2)10(13)5-7-3-4-8(12(14)15)6-9(7)16-11;9-7-6-8-4-2-1-3-5-8;1-3-4-2/h3-4,6,10,13H,5H2,1-2H3;1-5H,6-7,9H2;3-4H,1-2H3/b;;4-3-. The van der Waals surface area contributed by atoms with E-state index < -0.39 is 16.6 Å². The monoisotopic (exact) mass is 400 g/mol. The van der Waals surface area contributed by atoms with Gasteiger partial charge in [-0.1, -0.05) is 42.5 Å². The molecule has 2 aromatic rings. The molecule has 6 heteroatoms. The van der Waals surface area contributed by atoms with Gasteiger partial charge < -0.3 is 15.6 Å². The number of allylic oxidation sites excluding steroid dienone is 2. The number of nitrogens with zero attached hydrogens (tertiary/aromatic N) is 1. The van der Waals surface area contributed by atoms with Gasteiger partial charge >= 0.3 is 0 Å². The number of aliphatic hydroxyl groups excluding tert-OH is 1. The molecule has 0 radical (unpaired) electrons. The Hall–Kier alpha value is -2.70. The van der Waals surface area contributed by atoms with Crippen LogP contribution in [0.5, 0.6) is 5.75 Å². The van der Waals surface area contributed by atoms with Crippen LogP contribution in [0, 0.1) is 10.1 Å². The Kier molecular flexibility index (Phi) is 10.1. The number of hydrogen-bond donors (Lipinski definition) is 2. The number of nitro benzene ring substituents is 1. The van der Waals surface area contributed by atoms with Crippen molar-refractivity contribution in [3.05, 3.63) is 81.9 Å². The van der Waals surface area contributed by atoms with Crippen LogP contribution in [0.2, 0.25) is 0 Å².